The number of nitrogens with one attached hydrogen (secondary N) is 2. The van der Waals surface area contributed by atoms with Crippen molar-refractivity contribution in [3.05, 3.63) is 59.2 Å². The van der Waals surface area contributed by atoms with E-state index < -0.39 is 5.41 Å². The molecule has 0 aliphatic heterocycles. The molecule has 0 heterocycles. The summed E-state index contributed by atoms with van der Waals surface area (Å²) in [6.07, 6.45) is 1.15. The lowest BCUT2D eigenvalue weighted by atomic mass is 9.85. The smallest absolute Gasteiger partial charge is 0.240 e. The van der Waals surface area contributed by atoms with Crippen LogP contribution in [0.2, 0.25) is 0 Å². The maximum Gasteiger partial charge on any atom is 0.240 e. The van der Waals surface area contributed by atoms with Gasteiger partial charge in [0, 0.05) is 11.4 Å². The molecule has 142 valence electrons. The predicted molar refractivity (Wildman–Crippen MR) is 110 cm³/mol. The molecule has 1 aliphatic carbocycles. The first kappa shape index (κ1) is 19.2. The number of rotatable bonds is 4. The fourth-order valence-electron chi connectivity index (χ4n) is 3.30. The van der Waals surface area contributed by atoms with Crippen LogP contribution < -0.4 is 10.6 Å². The third-order valence-corrected chi connectivity index (χ3v) is 5.46. The molecule has 1 fully saturated rings. The number of hydrogen-bond acceptors (Lipinski definition) is 2. The Labute approximate surface area is 161 Å². The van der Waals surface area contributed by atoms with Crippen molar-refractivity contribution < 1.29 is 9.59 Å². The van der Waals surface area contributed by atoms with E-state index in [-0.39, 0.29) is 17.2 Å². The Bertz CT molecular complexity index is 889. The highest BCUT2D eigenvalue weighted by Gasteiger charge is 2.56. The summed E-state index contributed by atoms with van der Waals surface area (Å²) in [7, 11) is 0. The second-order valence-electron chi connectivity index (χ2n) is 8.53. The van der Waals surface area contributed by atoms with Crippen LogP contribution in [0, 0.1) is 19.3 Å². The zero-order valence-corrected chi connectivity index (χ0v) is 16.8. The summed E-state index contributed by atoms with van der Waals surface area (Å²) < 4.78 is 0. The molecule has 4 heteroatoms. The molecule has 2 amide bonds. The van der Waals surface area contributed by atoms with Gasteiger partial charge in [0.15, 0.2) is 0 Å². The van der Waals surface area contributed by atoms with Crippen molar-refractivity contribution in [2.24, 2.45) is 5.41 Å². The standard InChI is InChI=1S/C23H28N2O2/c1-15-9-8-12-18(16(15)2)24-20(26)23(13-14-23)21(27)25-19-11-7-6-10-17(19)22(3,4)5/h6-12H,13-14H2,1-5H3,(H,24,26)(H,25,27). The van der Waals surface area contributed by atoms with Crippen LogP contribution in [0.1, 0.15) is 50.3 Å². The molecule has 0 bridgehead atoms. The third kappa shape index (κ3) is 3.75. The molecule has 4 nitrogen and oxygen atoms in total. The lowest BCUT2D eigenvalue weighted by Gasteiger charge is -2.24. The Morgan fingerprint density at radius 2 is 1.41 bits per heavy atom. The first-order valence-electron chi connectivity index (χ1n) is 9.44. The van der Waals surface area contributed by atoms with E-state index in [2.05, 4.69) is 31.4 Å². The summed E-state index contributed by atoms with van der Waals surface area (Å²) in [5.74, 6) is -0.441. The molecule has 0 radical (unpaired) electrons. The SMILES string of the molecule is Cc1cccc(NC(=O)C2(C(=O)Nc3ccccc3C(C)(C)C)CC2)c1C. The first-order chi connectivity index (χ1) is 12.6. The molecular formula is C23H28N2O2. The number of carbonyl (C=O) groups is 2. The summed E-state index contributed by atoms with van der Waals surface area (Å²) in [6.45, 7) is 10.3. The molecule has 27 heavy (non-hydrogen) atoms. The van der Waals surface area contributed by atoms with E-state index in [4.69, 9.17) is 0 Å². The van der Waals surface area contributed by atoms with Crippen molar-refractivity contribution in [3.63, 3.8) is 0 Å². The number of para-hydroxylation sites is 1. The first-order valence-corrected chi connectivity index (χ1v) is 9.44. The van der Waals surface area contributed by atoms with Gasteiger partial charge in [-0.2, -0.15) is 0 Å². The van der Waals surface area contributed by atoms with Gasteiger partial charge in [-0.1, -0.05) is 51.1 Å². The molecule has 0 aromatic heterocycles. The highest BCUT2D eigenvalue weighted by molar-refractivity contribution is 6.17. The van der Waals surface area contributed by atoms with E-state index in [0.717, 1.165) is 28.1 Å². The summed E-state index contributed by atoms with van der Waals surface area (Å²) in [5.41, 5.74) is 3.68. The lowest BCUT2D eigenvalue weighted by Crippen LogP contribution is -2.36. The van der Waals surface area contributed by atoms with Crippen molar-refractivity contribution in [1.82, 2.24) is 0 Å². The molecule has 1 saturated carbocycles. The summed E-state index contributed by atoms with van der Waals surface area (Å²) in [5, 5.41) is 5.98. The summed E-state index contributed by atoms with van der Waals surface area (Å²) in [6, 6.07) is 13.6. The van der Waals surface area contributed by atoms with Gasteiger partial charge >= 0.3 is 0 Å². The predicted octanol–water partition coefficient (Wildman–Crippen LogP) is 4.96. The van der Waals surface area contributed by atoms with Crippen molar-refractivity contribution >= 4 is 23.2 Å². The molecule has 3 rings (SSSR count). The van der Waals surface area contributed by atoms with E-state index in [1.165, 1.54) is 0 Å². The van der Waals surface area contributed by atoms with Crippen molar-refractivity contribution in [1.29, 1.82) is 0 Å². The molecule has 2 aromatic rings. The van der Waals surface area contributed by atoms with Crippen molar-refractivity contribution in [3.8, 4) is 0 Å². The van der Waals surface area contributed by atoms with Crippen LogP contribution in [0.25, 0.3) is 0 Å². The fraction of sp³-hybridized carbons (Fsp3) is 0.391. The molecular weight excluding hydrogens is 336 g/mol. The molecule has 0 unspecified atom stereocenters. The van der Waals surface area contributed by atoms with Gasteiger partial charge in [0.25, 0.3) is 0 Å². The second kappa shape index (κ2) is 6.84. The van der Waals surface area contributed by atoms with E-state index in [1.807, 2.05) is 56.3 Å². The van der Waals surface area contributed by atoms with Crippen LogP contribution in [0.5, 0.6) is 0 Å². The topological polar surface area (TPSA) is 58.2 Å². The quantitative estimate of drug-likeness (QED) is 0.754. The van der Waals surface area contributed by atoms with Gasteiger partial charge in [0.05, 0.1) is 0 Å². The van der Waals surface area contributed by atoms with Crippen LogP contribution in [0.4, 0.5) is 11.4 Å². The average molecular weight is 364 g/mol. The van der Waals surface area contributed by atoms with Crippen LogP contribution in [-0.4, -0.2) is 11.8 Å². The van der Waals surface area contributed by atoms with E-state index in [0.29, 0.717) is 12.8 Å². The fourth-order valence-corrected chi connectivity index (χ4v) is 3.30. The van der Waals surface area contributed by atoms with E-state index in [1.54, 1.807) is 0 Å². The van der Waals surface area contributed by atoms with Gasteiger partial charge in [-0.15, -0.1) is 0 Å². The zero-order chi connectivity index (χ0) is 19.8. The molecule has 1 aliphatic rings. The van der Waals surface area contributed by atoms with Gasteiger partial charge in [-0.05, 0) is 60.9 Å². The normalized spacial score (nSPS) is 15.1. The van der Waals surface area contributed by atoms with Crippen molar-refractivity contribution in [2.75, 3.05) is 10.6 Å². The van der Waals surface area contributed by atoms with E-state index >= 15 is 0 Å². The highest BCUT2D eigenvalue weighted by Crippen LogP contribution is 2.48. The Morgan fingerprint density at radius 3 is 2.00 bits per heavy atom. The molecule has 0 spiro atoms. The zero-order valence-electron chi connectivity index (χ0n) is 16.8. The molecule has 2 aromatic carbocycles. The molecule has 0 saturated heterocycles. The van der Waals surface area contributed by atoms with Crippen molar-refractivity contribution in [2.45, 2.75) is 52.9 Å². The number of benzene rings is 2. The maximum absolute atomic E-state index is 13.0. The minimum absolute atomic E-state index is 0.0957. The largest absolute Gasteiger partial charge is 0.325 e. The molecule has 2 N–H and O–H groups in total. The summed E-state index contributed by atoms with van der Waals surface area (Å²) in [4.78, 5) is 25.9. The number of carbonyl (C=O) groups excluding carboxylic acids is 2. The Hall–Kier alpha value is -2.62. The Morgan fingerprint density at radius 1 is 0.852 bits per heavy atom. The second-order valence-corrected chi connectivity index (χ2v) is 8.53. The average Bonchev–Trinajstić information content (AvgIpc) is 3.40. The van der Waals surface area contributed by atoms with Gasteiger partial charge in [-0.25, -0.2) is 0 Å². The number of hydrogen-bond donors (Lipinski definition) is 2. The number of aryl methyl sites for hydroxylation is 1. The molecule has 0 atom stereocenters. The third-order valence-electron chi connectivity index (χ3n) is 5.46. The van der Waals surface area contributed by atoms with Gasteiger partial charge in [-0.3, -0.25) is 9.59 Å². The van der Waals surface area contributed by atoms with Gasteiger partial charge in [0.2, 0.25) is 11.8 Å². The van der Waals surface area contributed by atoms with Crippen LogP contribution in [0.3, 0.4) is 0 Å². The lowest BCUT2D eigenvalue weighted by molar-refractivity contribution is -0.131. The Balaban J connectivity index is 1.79. The van der Waals surface area contributed by atoms with Crippen LogP contribution in [0.15, 0.2) is 42.5 Å². The Kier molecular flexibility index (Phi) is 4.85. The monoisotopic (exact) mass is 364 g/mol. The maximum atomic E-state index is 13.0. The van der Waals surface area contributed by atoms with E-state index in [9.17, 15) is 9.59 Å². The number of amides is 2. The van der Waals surface area contributed by atoms with Crippen LogP contribution in [-0.2, 0) is 15.0 Å². The highest BCUT2D eigenvalue weighted by atomic mass is 16.2. The minimum atomic E-state index is -0.971. The number of anilines is 2. The summed E-state index contributed by atoms with van der Waals surface area (Å²) >= 11 is 0. The van der Waals surface area contributed by atoms with Gasteiger partial charge < -0.3 is 10.6 Å². The minimum Gasteiger partial charge on any atom is -0.325 e. The van der Waals surface area contributed by atoms with Gasteiger partial charge in [0.1, 0.15) is 5.41 Å². The van der Waals surface area contributed by atoms with Crippen LogP contribution >= 0.6 is 0 Å².